The molecule has 1 aliphatic carbocycles. The van der Waals surface area contributed by atoms with Crippen LogP contribution in [0.2, 0.25) is 30.7 Å². The smallest absolute Gasteiger partial charge is 0.410 e. The molecule has 0 unspecified atom stereocenters. The normalized spacial score (nSPS) is 17.6. The van der Waals surface area contributed by atoms with Gasteiger partial charge in [-0.2, -0.15) is 9.40 Å². The van der Waals surface area contributed by atoms with E-state index >= 15 is 0 Å². The van der Waals surface area contributed by atoms with Crippen LogP contribution in [-0.4, -0.2) is 73.5 Å². The van der Waals surface area contributed by atoms with Gasteiger partial charge in [0.05, 0.1) is 27.7 Å². The van der Waals surface area contributed by atoms with Crippen LogP contribution in [-0.2, 0) is 26.1 Å². The van der Waals surface area contributed by atoms with Crippen LogP contribution >= 0.6 is 11.6 Å². The van der Waals surface area contributed by atoms with Crippen LogP contribution in [0, 0.1) is 0 Å². The number of aromatic nitrogens is 2. The van der Waals surface area contributed by atoms with Crippen molar-refractivity contribution in [3.8, 4) is 0 Å². The summed E-state index contributed by atoms with van der Waals surface area (Å²) in [5.74, 6) is 0. The van der Waals surface area contributed by atoms with Crippen molar-refractivity contribution in [2.45, 2.75) is 81.4 Å². The Morgan fingerprint density at radius 1 is 1.14 bits per heavy atom. The van der Waals surface area contributed by atoms with Gasteiger partial charge in [-0.15, -0.1) is 0 Å². The first-order valence-corrected chi connectivity index (χ1v) is 20.1. The number of hydrogen-bond donors (Lipinski definition) is 0. The Hall–Kier alpha value is -2.44. The van der Waals surface area contributed by atoms with Gasteiger partial charge in [0, 0.05) is 38.7 Å². The molecule has 0 bridgehead atoms. The number of carbonyl (C=O) groups is 1. The fraction of sp³-hybridized carbons (Fsp3) is 0.533. The maximum absolute atomic E-state index is 14.0. The van der Waals surface area contributed by atoms with Crippen LogP contribution in [0.3, 0.4) is 0 Å². The van der Waals surface area contributed by atoms with E-state index in [2.05, 4.69) is 24.7 Å². The zero-order chi connectivity index (χ0) is 30.1. The average molecular weight is 633 g/mol. The molecule has 2 fully saturated rings. The third-order valence-electron chi connectivity index (χ3n) is 8.28. The second-order valence-corrected chi connectivity index (χ2v) is 20.8. The summed E-state index contributed by atoms with van der Waals surface area (Å²) >= 11 is 6.65. The minimum absolute atomic E-state index is 0.00311. The van der Waals surface area contributed by atoms with Gasteiger partial charge >= 0.3 is 6.09 Å². The van der Waals surface area contributed by atoms with E-state index in [0.717, 1.165) is 24.4 Å². The Bertz CT molecular complexity index is 1510. The third-order valence-corrected chi connectivity index (χ3v) is 12.3. The summed E-state index contributed by atoms with van der Waals surface area (Å²) in [7, 11) is -5.18. The molecule has 1 saturated carbocycles. The fourth-order valence-electron chi connectivity index (χ4n) is 5.22. The molecule has 9 nitrogen and oxygen atoms in total. The molecule has 228 valence electrons. The predicted octanol–water partition coefficient (Wildman–Crippen LogP) is 6.52. The molecular formula is C30H41ClN4O5SSi. The molecule has 1 amide bonds. The summed E-state index contributed by atoms with van der Waals surface area (Å²) in [6.07, 6.45) is 4.28. The van der Waals surface area contributed by atoms with Gasteiger partial charge in [-0.05, 0) is 56.3 Å². The van der Waals surface area contributed by atoms with E-state index in [1.807, 2.05) is 41.9 Å². The molecule has 0 radical (unpaired) electrons. The number of ether oxygens (including phenoxy) is 2. The second-order valence-electron chi connectivity index (χ2n) is 12.9. The Kier molecular flexibility index (Phi) is 9.06. The van der Waals surface area contributed by atoms with Gasteiger partial charge in [-0.1, -0.05) is 61.6 Å². The molecule has 0 atom stereocenters. The summed E-state index contributed by atoms with van der Waals surface area (Å²) in [5, 5.41) is 5.66. The van der Waals surface area contributed by atoms with E-state index in [1.165, 1.54) is 10.4 Å². The SMILES string of the molecule is CC1(N(COCC[Si](C)(C)C)S(=O)(=O)c2cc(Cl)c3cnn(C4CCN(C(=O)OCc5ccccc5)CC4)c3c2)CC1. The number of sulfonamides is 1. The van der Waals surface area contributed by atoms with E-state index in [9.17, 15) is 13.2 Å². The van der Waals surface area contributed by atoms with Crippen LogP contribution in [0.25, 0.3) is 10.9 Å². The van der Waals surface area contributed by atoms with E-state index < -0.39 is 23.6 Å². The molecule has 5 rings (SSSR count). The Labute approximate surface area is 254 Å². The quantitative estimate of drug-likeness (QED) is 0.136. The van der Waals surface area contributed by atoms with Crippen molar-refractivity contribution in [3.63, 3.8) is 0 Å². The minimum atomic E-state index is -3.88. The van der Waals surface area contributed by atoms with Gasteiger partial charge < -0.3 is 14.4 Å². The first-order chi connectivity index (χ1) is 19.9. The third kappa shape index (κ3) is 7.02. The summed E-state index contributed by atoms with van der Waals surface area (Å²) in [6.45, 7) is 10.6. The van der Waals surface area contributed by atoms with Crippen LogP contribution in [0.4, 0.5) is 4.79 Å². The number of halogens is 1. The van der Waals surface area contributed by atoms with E-state index in [1.54, 1.807) is 17.2 Å². The average Bonchev–Trinajstić information content (AvgIpc) is 3.54. The molecule has 1 aromatic heterocycles. The number of benzene rings is 2. The van der Waals surface area contributed by atoms with Crippen LogP contribution < -0.4 is 0 Å². The number of likely N-dealkylation sites (tertiary alicyclic amines) is 1. The van der Waals surface area contributed by atoms with Crippen molar-refractivity contribution in [1.82, 2.24) is 19.0 Å². The Balaban J connectivity index is 1.29. The van der Waals surface area contributed by atoms with Crippen molar-refractivity contribution < 1.29 is 22.7 Å². The molecule has 3 aromatic rings. The van der Waals surface area contributed by atoms with Gasteiger partial charge in [0.25, 0.3) is 0 Å². The fourth-order valence-corrected chi connectivity index (χ4v) is 8.06. The second kappa shape index (κ2) is 12.3. The first kappa shape index (κ1) is 31.0. The molecule has 0 N–H and O–H groups in total. The first-order valence-electron chi connectivity index (χ1n) is 14.6. The highest BCUT2D eigenvalue weighted by molar-refractivity contribution is 7.89. The lowest BCUT2D eigenvalue weighted by Gasteiger charge is -2.32. The number of piperidine rings is 1. The van der Waals surface area contributed by atoms with Crippen molar-refractivity contribution >= 4 is 46.7 Å². The highest BCUT2D eigenvalue weighted by atomic mass is 35.5. The highest BCUT2D eigenvalue weighted by Gasteiger charge is 2.49. The number of hydrogen-bond acceptors (Lipinski definition) is 6. The number of nitrogens with zero attached hydrogens (tertiary/aromatic N) is 4. The van der Waals surface area contributed by atoms with Crippen LogP contribution in [0.15, 0.2) is 53.6 Å². The van der Waals surface area contributed by atoms with Gasteiger partial charge in [0.1, 0.15) is 13.3 Å². The lowest BCUT2D eigenvalue weighted by molar-refractivity contribution is 0.0591. The molecule has 1 aliphatic heterocycles. The molecular weight excluding hydrogens is 592 g/mol. The zero-order valence-electron chi connectivity index (χ0n) is 24.9. The van der Waals surface area contributed by atoms with Crippen molar-refractivity contribution in [1.29, 1.82) is 0 Å². The molecule has 2 aliphatic rings. The molecule has 2 aromatic carbocycles. The van der Waals surface area contributed by atoms with E-state index in [-0.39, 0.29) is 30.4 Å². The van der Waals surface area contributed by atoms with Gasteiger partial charge in [0.2, 0.25) is 10.0 Å². The lowest BCUT2D eigenvalue weighted by Crippen LogP contribution is -2.42. The van der Waals surface area contributed by atoms with Gasteiger partial charge in [-0.3, -0.25) is 4.68 Å². The van der Waals surface area contributed by atoms with Crippen LogP contribution in [0.1, 0.15) is 44.2 Å². The molecule has 2 heterocycles. The maximum atomic E-state index is 14.0. The predicted molar refractivity (Wildman–Crippen MR) is 167 cm³/mol. The number of amides is 1. The Morgan fingerprint density at radius 3 is 2.48 bits per heavy atom. The maximum Gasteiger partial charge on any atom is 0.410 e. The number of fused-ring (bicyclic) bond motifs is 1. The molecule has 42 heavy (non-hydrogen) atoms. The largest absolute Gasteiger partial charge is 0.445 e. The number of rotatable bonds is 11. The van der Waals surface area contributed by atoms with Gasteiger partial charge in [-0.25, -0.2) is 13.2 Å². The molecule has 12 heteroatoms. The highest BCUT2D eigenvalue weighted by Crippen LogP contribution is 2.44. The summed E-state index contributed by atoms with van der Waals surface area (Å²) in [6, 6.07) is 13.8. The number of carbonyl (C=O) groups excluding carboxylic acids is 1. The standard InChI is InChI=1S/C30H41ClN4O5SSi/c1-30(12-13-30)34(22-39-16-17-42(2,3)4)41(37,38)25-18-27(31)26-20-32-35(28(26)19-25)24-10-14-33(15-11-24)29(36)40-21-23-8-6-5-7-9-23/h5-9,18-20,24H,10-17,21-22H2,1-4H3. The summed E-state index contributed by atoms with van der Waals surface area (Å²) < 4.78 is 42.8. The molecule has 0 spiro atoms. The Morgan fingerprint density at radius 2 is 1.83 bits per heavy atom. The van der Waals surface area contributed by atoms with E-state index in [0.29, 0.717) is 48.5 Å². The van der Waals surface area contributed by atoms with E-state index in [4.69, 9.17) is 21.1 Å². The summed E-state index contributed by atoms with van der Waals surface area (Å²) in [4.78, 5) is 14.5. The molecule has 1 saturated heterocycles. The van der Waals surface area contributed by atoms with Crippen LogP contribution in [0.5, 0.6) is 0 Å². The van der Waals surface area contributed by atoms with Gasteiger partial charge in [0.15, 0.2) is 0 Å². The topological polar surface area (TPSA) is 94.0 Å². The summed E-state index contributed by atoms with van der Waals surface area (Å²) in [5.41, 5.74) is 1.16. The zero-order valence-corrected chi connectivity index (χ0v) is 27.5. The van der Waals surface area contributed by atoms with Crippen molar-refractivity contribution in [3.05, 3.63) is 59.2 Å². The lowest BCUT2D eigenvalue weighted by atomic mass is 10.1. The minimum Gasteiger partial charge on any atom is -0.445 e. The monoisotopic (exact) mass is 632 g/mol. The van der Waals surface area contributed by atoms with Crippen molar-refractivity contribution in [2.24, 2.45) is 0 Å². The van der Waals surface area contributed by atoms with Crippen molar-refractivity contribution in [2.75, 3.05) is 26.4 Å².